The average molecular weight is 296 g/mol. The smallest absolute Gasteiger partial charge is 0.109 e. The predicted octanol–water partition coefficient (Wildman–Crippen LogP) is 4.07. The van der Waals surface area contributed by atoms with Crippen molar-refractivity contribution in [2.24, 2.45) is 0 Å². The number of nitriles is 1. The summed E-state index contributed by atoms with van der Waals surface area (Å²) in [6.45, 7) is 1.85. The molecule has 0 unspecified atom stereocenters. The SMILES string of the molecule is CC[S@@](=O)c1scc(-c2ccc(Cl)cc2)c1C#N. The maximum Gasteiger partial charge on any atom is 0.109 e. The molecule has 0 bridgehead atoms. The molecule has 0 N–H and O–H groups in total. The van der Waals surface area contributed by atoms with Gasteiger partial charge in [-0.25, -0.2) is 0 Å². The molecule has 0 aliphatic heterocycles. The molecular formula is C13H10ClNOS2. The van der Waals surface area contributed by atoms with Crippen molar-refractivity contribution in [3.8, 4) is 17.2 Å². The van der Waals surface area contributed by atoms with Gasteiger partial charge in [-0.1, -0.05) is 30.7 Å². The second kappa shape index (κ2) is 5.66. The minimum atomic E-state index is -1.09. The number of hydrogen-bond donors (Lipinski definition) is 0. The van der Waals surface area contributed by atoms with Crippen molar-refractivity contribution in [1.82, 2.24) is 0 Å². The van der Waals surface area contributed by atoms with E-state index in [0.717, 1.165) is 11.1 Å². The van der Waals surface area contributed by atoms with Gasteiger partial charge in [-0.3, -0.25) is 4.21 Å². The fourth-order valence-corrected chi connectivity index (χ4v) is 4.04. The highest BCUT2D eigenvalue weighted by Gasteiger charge is 2.16. The first-order valence-electron chi connectivity index (χ1n) is 5.33. The number of hydrogen-bond acceptors (Lipinski definition) is 3. The first-order valence-corrected chi connectivity index (χ1v) is 7.91. The van der Waals surface area contributed by atoms with Crippen LogP contribution < -0.4 is 0 Å². The average Bonchev–Trinajstić information content (AvgIpc) is 2.82. The van der Waals surface area contributed by atoms with Crippen molar-refractivity contribution in [2.45, 2.75) is 11.1 Å². The molecule has 2 aromatic rings. The van der Waals surface area contributed by atoms with Gasteiger partial charge >= 0.3 is 0 Å². The quantitative estimate of drug-likeness (QED) is 0.856. The Morgan fingerprint density at radius 3 is 2.61 bits per heavy atom. The number of rotatable bonds is 3. The van der Waals surface area contributed by atoms with Crippen molar-refractivity contribution < 1.29 is 4.21 Å². The minimum Gasteiger partial charge on any atom is -0.253 e. The molecule has 0 saturated carbocycles. The van der Waals surface area contributed by atoms with Gasteiger partial charge in [0.25, 0.3) is 0 Å². The molecule has 18 heavy (non-hydrogen) atoms. The molecule has 0 fully saturated rings. The van der Waals surface area contributed by atoms with Crippen molar-refractivity contribution in [2.75, 3.05) is 5.75 Å². The Hall–Kier alpha value is -1.15. The zero-order valence-electron chi connectivity index (χ0n) is 9.64. The van der Waals surface area contributed by atoms with E-state index in [1.165, 1.54) is 11.3 Å². The van der Waals surface area contributed by atoms with Crippen LogP contribution in [0.1, 0.15) is 12.5 Å². The Bertz CT molecular complexity index is 625. The maximum absolute atomic E-state index is 11.8. The zero-order valence-corrected chi connectivity index (χ0v) is 12.0. The van der Waals surface area contributed by atoms with E-state index in [9.17, 15) is 9.47 Å². The van der Waals surface area contributed by atoms with Crippen molar-refractivity contribution in [3.63, 3.8) is 0 Å². The normalized spacial score (nSPS) is 12.1. The van der Waals surface area contributed by atoms with Gasteiger partial charge in [-0.15, -0.1) is 11.3 Å². The number of benzene rings is 1. The van der Waals surface area contributed by atoms with Gasteiger partial charge in [0.1, 0.15) is 10.3 Å². The van der Waals surface area contributed by atoms with E-state index >= 15 is 0 Å². The van der Waals surface area contributed by atoms with E-state index in [-0.39, 0.29) is 0 Å². The Morgan fingerprint density at radius 2 is 2.06 bits per heavy atom. The van der Waals surface area contributed by atoms with E-state index in [0.29, 0.717) is 20.5 Å². The summed E-state index contributed by atoms with van der Waals surface area (Å²) < 4.78 is 12.5. The van der Waals surface area contributed by atoms with Crippen LogP contribution in [0.3, 0.4) is 0 Å². The van der Waals surface area contributed by atoms with Crippen molar-refractivity contribution in [3.05, 3.63) is 40.2 Å². The highest BCUT2D eigenvalue weighted by Crippen LogP contribution is 2.33. The third-order valence-electron chi connectivity index (χ3n) is 2.49. The molecule has 2 rings (SSSR count). The van der Waals surface area contributed by atoms with Crippen LogP contribution in [0.4, 0.5) is 0 Å². The van der Waals surface area contributed by atoms with Gasteiger partial charge in [0.15, 0.2) is 0 Å². The molecule has 1 heterocycles. The predicted molar refractivity (Wildman–Crippen MR) is 76.4 cm³/mol. The Kier molecular flexibility index (Phi) is 4.18. The second-order valence-electron chi connectivity index (χ2n) is 3.56. The van der Waals surface area contributed by atoms with Gasteiger partial charge in [0.2, 0.25) is 0 Å². The van der Waals surface area contributed by atoms with E-state index < -0.39 is 10.8 Å². The summed E-state index contributed by atoms with van der Waals surface area (Å²) >= 11 is 7.22. The van der Waals surface area contributed by atoms with E-state index in [1.807, 2.05) is 24.4 Å². The summed E-state index contributed by atoms with van der Waals surface area (Å²) in [4.78, 5) is 0. The lowest BCUT2D eigenvalue weighted by Gasteiger charge is -2.00. The molecule has 1 atom stereocenters. The molecule has 0 amide bonds. The molecule has 2 nitrogen and oxygen atoms in total. The summed E-state index contributed by atoms with van der Waals surface area (Å²) in [5, 5.41) is 11.8. The monoisotopic (exact) mass is 295 g/mol. The minimum absolute atomic E-state index is 0.516. The molecule has 5 heteroatoms. The standard InChI is InChI=1S/C13H10ClNOS2/c1-2-18(16)13-11(7-15)12(8-17-13)9-3-5-10(14)6-4-9/h3-6,8H,2H2,1H3/t18-/m1/s1. The maximum atomic E-state index is 11.8. The Morgan fingerprint density at radius 1 is 1.39 bits per heavy atom. The van der Waals surface area contributed by atoms with Crippen LogP contribution in [0.2, 0.25) is 5.02 Å². The molecule has 0 saturated heterocycles. The molecular weight excluding hydrogens is 286 g/mol. The van der Waals surface area contributed by atoms with Crippen LogP contribution in [0.25, 0.3) is 11.1 Å². The molecule has 92 valence electrons. The van der Waals surface area contributed by atoms with Crippen LogP contribution in [0.15, 0.2) is 33.9 Å². The highest BCUT2D eigenvalue weighted by atomic mass is 35.5. The molecule has 0 radical (unpaired) electrons. The lowest BCUT2D eigenvalue weighted by Crippen LogP contribution is -1.93. The number of nitrogens with zero attached hydrogens (tertiary/aromatic N) is 1. The van der Waals surface area contributed by atoms with Gasteiger partial charge in [-0.2, -0.15) is 5.26 Å². The van der Waals surface area contributed by atoms with Gasteiger partial charge in [-0.05, 0) is 17.7 Å². The molecule has 0 aliphatic carbocycles. The fraction of sp³-hybridized carbons (Fsp3) is 0.154. The summed E-state index contributed by atoms with van der Waals surface area (Å²) in [7, 11) is -1.09. The largest absolute Gasteiger partial charge is 0.253 e. The summed E-state index contributed by atoms with van der Waals surface area (Å²) in [5.74, 6) is 0.523. The van der Waals surface area contributed by atoms with E-state index in [2.05, 4.69) is 6.07 Å². The van der Waals surface area contributed by atoms with Crippen LogP contribution >= 0.6 is 22.9 Å². The first kappa shape index (κ1) is 13.3. The number of thiophene rings is 1. The third kappa shape index (κ3) is 2.49. The third-order valence-corrected chi connectivity index (χ3v) is 5.51. The van der Waals surface area contributed by atoms with Crippen molar-refractivity contribution >= 4 is 33.7 Å². The van der Waals surface area contributed by atoms with Crippen LogP contribution in [-0.4, -0.2) is 9.96 Å². The molecule has 0 aliphatic rings. The van der Waals surface area contributed by atoms with Crippen LogP contribution in [0.5, 0.6) is 0 Å². The van der Waals surface area contributed by atoms with Gasteiger partial charge in [0, 0.05) is 21.7 Å². The van der Waals surface area contributed by atoms with Crippen LogP contribution in [0, 0.1) is 11.3 Å². The fourth-order valence-electron chi connectivity index (χ4n) is 1.59. The molecule has 1 aromatic heterocycles. The highest BCUT2D eigenvalue weighted by molar-refractivity contribution is 7.87. The first-order chi connectivity index (χ1) is 8.67. The van der Waals surface area contributed by atoms with Gasteiger partial charge in [0.05, 0.1) is 16.4 Å². The van der Waals surface area contributed by atoms with Crippen molar-refractivity contribution in [1.29, 1.82) is 5.26 Å². The lowest BCUT2D eigenvalue weighted by atomic mass is 10.1. The summed E-state index contributed by atoms with van der Waals surface area (Å²) in [6, 6.07) is 9.45. The zero-order chi connectivity index (χ0) is 13.1. The molecule has 1 aromatic carbocycles. The van der Waals surface area contributed by atoms with Crippen LogP contribution in [-0.2, 0) is 10.8 Å². The molecule has 0 spiro atoms. The van der Waals surface area contributed by atoms with Gasteiger partial charge < -0.3 is 0 Å². The lowest BCUT2D eigenvalue weighted by molar-refractivity contribution is 0.685. The number of halogens is 1. The topological polar surface area (TPSA) is 40.9 Å². The summed E-state index contributed by atoms with van der Waals surface area (Å²) in [5.41, 5.74) is 2.27. The van der Waals surface area contributed by atoms with E-state index in [4.69, 9.17) is 11.6 Å². The van der Waals surface area contributed by atoms with E-state index in [1.54, 1.807) is 12.1 Å². The Labute approximate surface area is 117 Å². The summed E-state index contributed by atoms with van der Waals surface area (Å²) in [6.07, 6.45) is 0. The second-order valence-corrected chi connectivity index (χ2v) is 6.82. The Balaban J connectivity index is 2.53.